The fourth-order valence-corrected chi connectivity index (χ4v) is 2.15. The van der Waals surface area contributed by atoms with Gasteiger partial charge in [-0.3, -0.25) is 0 Å². The lowest BCUT2D eigenvalue weighted by atomic mass is 10.1. The highest BCUT2D eigenvalue weighted by atomic mass is 32.1. The van der Waals surface area contributed by atoms with Crippen LogP contribution < -0.4 is 15.4 Å². The number of nitrogens with zero attached hydrogens (tertiary/aromatic N) is 1. The van der Waals surface area contributed by atoms with Gasteiger partial charge in [0.25, 0.3) is 0 Å². The summed E-state index contributed by atoms with van der Waals surface area (Å²) in [6.45, 7) is 7.47. The summed E-state index contributed by atoms with van der Waals surface area (Å²) in [6, 6.07) is 6.22. The minimum absolute atomic E-state index is 0.394. The zero-order chi connectivity index (χ0) is 13.7. The van der Waals surface area contributed by atoms with E-state index in [1.165, 1.54) is 0 Å². The Morgan fingerprint density at radius 3 is 2.56 bits per heavy atom. The van der Waals surface area contributed by atoms with Crippen LogP contribution in [-0.4, -0.2) is 24.7 Å². The number of methoxy groups -OCH3 is 1. The number of ether oxygens (including phenoxy) is 1. The molecule has 0 saturated carbocycles. The molecule has 0 unspecified atom stereocenters. The molecular formula is C14H22N2OS. The lowest BCUT2D eigenvalue weighted by Gasteiger charge is -2.30. The third-order valence-corrected chi connectivity index (χ3v) is 3.09. The van der Waals surface area contributed by atoms with Crippen LogP contribution in [0.1, 0.15) is 32.8 Å². The Bertz CT molecular complexity index is 418. The van der Waals surface area contributed by atoms with Crippen LogP contribution in [0.3, 0.4) is 0 Å². The first kappa shape index (κ1) is 14.8. The van der Waals surface area contributed by atoms with Gasteiger partial charge < -0.3 is 15.4 Å². The highest BCUT2D eigenvalue weighted by Gasteiger charge is 2.16. The number of thiocarbonyl (C=S) groups is 1. The van der Waals surface area contributed by atoms with Gasteiger partial charge in [-0.1, -0.05) is 19.1 Å². The summed E-state index contributed by atoms with van der Waals surface area (Å²) in [4.78, 5) is 2.73. The third-order valence-electron chi connectivity index (χ3n) is 2.87. The monoisotopic (exact) mass is 266 g/mol. The third kappa shape index (κ3) is 3.35. The zero-order valence-corrected chi connectivity index (χ0v) is 12.4. The highest BCUT2D eigenvalue weighted by Crippen LogP contribution is 2.28. The van der Waals surface area contributed by atoms with Gasteiger partial charge in [-0.2, -0.15) is 0 Å². The van der Waals surface area contributed by atoms with Gasteiger partial charge in [0.2, 0.25) is 0 Å². The molecule has 1 rings (SSSR count). The predicted octanol–water partition coefficient (Wildman–Crippen LogP) is 2.95. The van der Waals surface area contributed by atoms with Crippen LogP contribution in [0, 0.1) is 0 Å². The van der Waals surface area contributed by atoms with Crippen LogP contribution in [0.5, 0.6) is 5.75 Å². The maximum absolute atomic E-state index is 5.80. The number of hydrogen-bond acceptors (Lipinski definition) is 3. The van der Waals surface area contributed by atoms with Crippen molar-refractivity contribution < 1.29 is 4.74 Å². The molecule has 0 aliphatic heterocycles. The van der Waals surface area contributed by atoms with Gasteiger partial charge in [0.15, 0.2) is 0 Å². The molecule has 0 saturated heterocycles. The van der Waals surface area contributed by atoms with Crippen molar-refractivity contribution >= 4 is 22.9 Å². The van der Waals surface area contributed by atoms with Crippen molar-refractivity contribution in [3.05, 3.63) is 23.8 Å². The second-order valence-corrected chi connectivity index (χ2v) is 4.97. The topological polar surface area (TPSA) is 38.5 Å². The Kier molecular flexibility index (Phi) is 5.41. The van der Waals surface area contributed by atoms with Gasteiger partial charge in [-0.15, -0.1) is 0 Å². The lowest BCUT2D eigenvalue weighted by molar-refractivity contribution is 0.414. The molecule has 0 atom stereocenters. The number of rotatable bonds is 6. The first-order chi connectivity index (χ1) is 8.51. The molecule has 100 valence electrons. The van der Waals surface area contributed by atoms with E-state index < -0.39 is 0 Å². The fourth-order valence-electron chi connectivity index (χ4n) is 1.98. The minimum Gasteiger partial charge on any atom is -0.497 e. The first-order valence-corrected chi connectivity index (χ1v) is 6.66. The van der Waals surface area contributed by atoms with Crippen LogP contribution in [0.2, 0.25) is 0 Å². The second kappa shape index (κ2) is 6.59. The Morgan fingerprint density at radius 1 is 1.44 bits per heavy atom. The molecule has 0 fully saturated rings. The van der Waals surface area contributed by atoms with Crippen LogP contribution in [0.15, 0.2) is 18.2 Å². The Labute approximate surface area is 115 Å². The molecule has 0 spiro atoms. The molecule has 0 aliphatic carbocycles. The molecule has 0 aliphatic rings. The van der Waals surface area contributed by atoms with Crippen LogP contribution >= 0.6 is 12.2 Å². The van der Waals surface area contributed by atoms with Gasteiger partial charge in [0.1, 0.15) is 10.7 Å². The van der Waals surface area contributed by atoms with Gasteiger partial charge >= 0.3 is 0 Å². The van der Waals surface area contributed by atoms with E-state index in [1.807, 2.05) is 18.2 Å². The Hall–Kier alpha value is -1.29. The molecule has 18 heavy (non-hydrogen) atoms. The Balaban J connectivity index is 3.27. The van der Waals surface area contributed by atoms with Crippen LogP contribution in [0.25, 0.3) is 0 Å². The molecular weight excluding hydrogens is 244 g/mol. The molecule has 3 nitrogen and oxygen atoms in total. The van der Waals surface area contributed by atoms with E-state index in [4.69, 9.17) is 22.7 Å². The van der Waals surface area contributed by atoms with Crippen molar-refractivity contribution in [3.8, 4) is 5.75 Å². The molecule has 2 N–H and O–H groups in total. The smallest absolute Gasteiger partial charge is 0.120 e. The molecule has 0 heterocycles. The molecule has 1 aromatic carbocycles. The van der Waals surface area contributed by atoms with Gasteiger partial charge in [0.05, 0.1) is 12.8 Å². The number of benzene rings is 1. The fraction of sp³-hybridized carbons (Fsp3) is 0.500. The Morgan fingerprint density at radius 2 is 2.11 bits per heavy atom. The summed E-state index contributed by atoms with van der Waals surface area (Å²) >= 11 is 5.13. The van der Waals surface area contributed by atoms with E-state index in [0.717, 1.165) is 30.0 Å². The summed E-state index contributed by atoms with van der Waals surface area (Å²) < 4.78 is 5.29. The predicted molar refractivity (Wildman–Crippen MR) is 81.7 cm³/mol. The maximum atomic E-state index is 5.80. The molecule has 0 radical (unpaired) electrons. The summed E-state index contributed by atoms with van der Waals surface area (Å²) in [5, 5.41) is 0. The van der Waals surface area contributed by atoms with Crippen molar-refractivity contribution in [2.45, 2.75) is 33.2 Å². The summed E-state index contributed by atoms with van der Waals surface area (Å²) in [6.07, 6.45) is 1.08. The standard InChI is InChI=1S/C14H22N2OS/c1-5-8-16(10(2)3)13-9-11(17-4)6-7-12(13)14(15)18/h6-7,9-10H,5,8H2,1-4H3,(H2,15,18). The molecule has 0 bridgehead atoms. The van der Waals surface area contributed by atoms with E-state index >= 15 is 0 Å². The lowest BCUT2D eigenvalue weighted by Crippen LogP contribution is -2.33. The molecule has 0 aromatic heterocycles. The van der Waals surface area contributed by atoms with Crippen molar-refractivity contribution in [2.75, 3.05) is 18.6 Å². The largest absolute Gasteiger partial charge is 0.497 e. The van der Waals surface area contributed by atoms with E-state index in [-0.39, 0.29) is 0 Å². The second-order valence-electron chi connectivity index (χ2n) is 4.53. The van der Waals surface area contributed by atoms with Crippen molar-refractivity contribution in [2.24, 2.45) is 5.73 Å². The quantitative estimate of drug-likeness (QED) is 0.803. The van der Waals surface area contributed by atoms with Crippen molar-refractivity contribution in [1.82, 2.24) is 0 Å². The normalized spacial score (nSPS) is 10.5. The first-order valence-electron chi connectivity index (χ1n) is 6.25. The molecule has 4 heteroatoms. The summed E-state index contributed by atoms with van der Waals surface area (Å²) in [5.41, 5.74) is 7.77. The van der Waals surface area contributed by atoms with E-state index in [9.17, 15) is 0 Å². The molecule has 0 amide bonds. The maximum Gasteiger partial charge on any atom is 0.120 e. The minimum atomic E-state index is 0.394. The van der Waals surface area contributed by atoms with Crippen LogP contribution in [-0.2, 0) is 0 Å². The van der Waals surface area contributed by atoms with Crippen molar-refractivity contribution in [3.63, 3.8) is 0 Å². The van der Waals surface area contributed by atoms with Gasteiger partial charge in [-0.25, -0.2) is 0 Å². The number of nitrogens with two attached hydrogens (primary N) is 1. The summed E-state index contributed by atoms with van der Waals surface area (Å²) in [5.74, 6) is 0.826. The van der Waals surface area contributed by atoms with Crippen LogP contribution in [0.4, 0.5) is 5.69 Å². The highest BCUT2D eigenvalue weighted by molar-refractivity contribution is 7.80. The summed E-state index contributed by atoms with van der Waals surface area (Å²) in [7, 11) is 1.67. The SMILES string of the molecule is CCCN(c1cc(OC)ccc1C(N)=S)C(C)C. The number of anilines is 1. The molecule has 1 aromatic rings. The van der Waals surface area contributed by atoms with E-state index in [0.29, 0.717) is 11.0 Å². The average Bonchev–Trinajstić information content (AvgIpc) is 2.34. The number of hydrogen-bond donors (Lipinski definition) is 1. The van der Waals surface area contributed by atoms with Gasteiger partial charge in [-0.05, 0) is 32.4 Å². The zero-order valence-electron chi connectivity index (χ0n) is 11.6. The van der Waals surface area contributed by atoms with Crippen molar-refractivity contribution in [1.29, 1.82) is 0 Å². The van der Waals surface area contributed by atoms with Gasteiger partial charge in [0, 0.05) is 24.2 Å². The average molecular weight is 266 g/mol. The van der Waals surface area contributed by atoms with E-state index in [2.05, 4.69) is 25.7 Å². The van der Waals surface area contributed by atoms with E-state index in [1.54, 1.807) is 7.11 Å².